The molecule has 0 saturated carbocycles. The Morgan fingerprint density at radius 1 is 1.00 bits per heavy atom. The van der Waals surface area contributed by atoms with Gasteiger partial charge in [0.25, 0.3) is 5.56 Å². The van der Waals surface area contributed by atoms with Crippen molar-refractivity contribution in [2.75, 3.05) is 7.05 Å². The smallest absolute Gasteiger partial charge is 0.275 e. The van der Waals surface area contributed by atoms with E-state index < -0.39 is 11.6 Å². The lowest BCUT2D eigenvalue weighted by molar-refractivity contribution is 0.180. The fourth-order valence-electron chi connectivity index (χ4n) is 4.49. The van der Waals surface area contributed by atoms with E-state index in [4.69, 9.17) is 0 Å². The lowest BCUT2D eigenvalue weighted by Crippen LogP contribution is -2.33. The van der Waals surface area contributed by atoms with Crippen LogP contribution in [0.3, 0.4) is 0 Å². The molecular formula is C25H21F2N3O. The van der Waals surface area contributed by atoms with E-state index in [2.05, 4.69) is 22.1 Å². The molecule has 4 aromatic rings. The number of hydrogen-bond donors (Lipinski definition) is 0. The number of rotatable bonds is 4. The van der Waals surface area contributed by atoms with Crippen molar-refractivity contribution in [2.24, 2.45) is 0 Å². The van der Waals surface area contributed by atoms with Crippen LogP contribution in [0.25, 0.3) is 22.0 Å². The van der Waals surface area contributed by atoms with Crippen molar-refractivity contribution >= 4 is 10.8 Å². The first-order valence-corrected chi connectivity index (χ1v) is 10.3. The molecule has 156 valence electrons. The van der Waals surface area contributed by atoms with Crippen molar-refractivity contribution < 1.29 is 8.78 Å². The van der Waals surface area contributed by atoms with Gasteiger partial charge in [0.15, 0.2) is 11.6 Å². The van der Waals surface area contributed by atoms with E-state index in [1.165, 1.54) is 21.9 Å². The van der Waals surface area contributed by atoms with Gasteiger partial charge in [-0.15, -0.1) is 0 Å². The van der Waals surface area contributed by atoms with Crippen LogP contribution < -0.4 is 5.56 Å². The molecule has 0 radical (unpaired) electrons. The third kappa shape index (κ3) is 3.43. The summed E-state index contributed by atoms with van der Waals surface area (Å²) in [6, 6.07) is 19.4. The van der Waals surface area contributed by atoms with Crippen LogP contribution in [0.15, 0.2) is 71.5 Å². The number of fused-ring (bicyclic) bond motifs is 2. The molecule has 0 aliphatic heterocycles. The minimum atomic E-state index is -0.944. The molecule has 5 rings (SSSR count). The van der Waals surface area contributed by atoms with E-state index in [1.54, 1.807) is 24.3 Å². The summed E-state index contributed by atoms with van der Waals surface area (Å²) in [5, 5.41) is 5.69. The summed E-state index contributed by atoms with van der Waals surface area (Å²) in [6.45, 7) is 0.291. The Morgan fingerprint density at radius 2 is 1.74 bits per heavy atom. The fourth-order valence-corrected chi connectivity index (χ4v) is 4.49. The van der Waals surface area contributed by atoms with Gasteiger partial charge >= 0.3 is 0 Å². The van der Waals surface area contributed by atoms with Crippen LogP contribution in [0.4, 0.5) is 8.78 Å². The summed E-state index contributed by atoms with van der Waals surface area (Å²) in [6.07, 6.45) is 1.99. The van der Waals surface area contributed by atoms with E-state index in [0.29, 0.717) is 28.7 Å². The number of nitrogens with zero attached hydrogens (tertiary/aromatic N) is 3. The second-order valence-electron chi connectivity index (χ2n) is 7.98. The Bertz CT molecular complexity index is 1350. The number of aryl methyl sites for hydroxylation is 1. The standard InChI is InChI=1S/C25H21F2N3O/c1-29(23-13-11-16-6-2-3-7-18(16)23)15-30-25(31)20-9-5-4-8-19(20)24(28-30)17-10-12-21(26)22(27)14-17/h2-10,12,14,23H,11,13,15H2,1H3. The zero-order valence-corrected chi connectivity index (χ0v) is 17.1. The molecule has 1 heterocycles. The lowest BCUT2D eigenvalue weighted by atomic mass is 10.0. The van der Waals surface area contributed by atoms with Crippen LogP contribution in [0.5, 0.6) is 0 Å². The Hall–Kier alpha value is -3.38. The molecule has 31 heavy (non-hydrogen) atoms. The summed E-state index contributed by atoms with van der Waals surface area (Å²) < 4.78 is 28.8. The van der Waals surface area contributed by atoms with E-state index in [0.717, 1.165) is 25.0 Å². The first-order chi connectivity index (χ1) is 15.0. The second kappa shape index (κ2) is 7.71. The molecule has 0 amide bonds. The van der Waals surface area contributed by atoms with Gasteiger partial charge in [-0.1, -0.05) is 42.5 Å². The summed E-state index contributed by atoms with van der Waals surface area (Å²) >= 11 is 0. The zero-order valence-electron chi connectivity index (χ0n) is 17.1. The summed E-state index contributed by atoms with van der Waals surface area (Å²) in [4.78, 5) is 15.3. The minimum Gasteiger partial charge on any atom is -0.280 e. The van der Waals surface area contributed by atoms with Crippen LogP contribution in [0.1, 0.15) is 23.6 Å². The number of benzene rings is 3. The molecule has 0 fully saturated rings. The Balaban J connectivity index is 1.59. The summed E-state index contributed by atoms with van der Waals surface area (Å²) in [5.41, 5.74) is 3.28. The van der Waals surface area contributed by atoms with Crippen molar-refractivity contribution in [3.63, 3.8) is 0 Å². The highest BCUT2D eigenvalue weighted by Crippen LogP contribution is 2.35. The molecule has 0 bridgehead atoms. The van der Waals surface area contributed by atoms with Gasteiger partial charge in [0, 0.05) is 17.0 Å². The normalized spacial score (nSPS) is 15.5. The van der Waals surface area contributed by atoms with E-state index in [-0.39, 0.29) is 11.6 Å². The summed E-state index contributed by atoms with van der Waals surface area (Å²) in [5.74, 6) is -1.86. The highest BCUT2D eigenvalue weighted by molar-refractivity contribution is 5.93. The number of aromatic nitrogens is 2. The molecule has 0 saturated heterocycles. The first-order valence-electron chi connectivity index (χ1n) is 10.3. The van der Waals surface area contributed by atoms with Crippen molar-refractivity contribution in [1.82, 2.24) is 14.7 Å². The van der Waals surface area contributed by atoms with Gasteiger partial charge in [-0.25, -0.2) is 13.5 Å². The second-order valence-corrected chi connectivity index (χ2v) is 7.98. The van der Waals surface area contributed by atoms with Crippen molar-refractivity contribution in [3.05, 3.63) is 99.8 Å². The average Bonchev–Trinajstić information content (AvgIpc) is 3.22. The van der Waals surface area contributed by atoms with Gasteiger partial charge in [-0.3, -0.25) is 9.69 Å². The van der Waals surface area contributed by atoms with Gasteiger partial charge in [-0.2, -0.15) is 5.10 Å². The molecule has 6 heteroatoms. The van der Waals surface area contributed by atoms with Crippen molar-refractivity contribution in [2.45, 2.75) is 25.6 Å². The maximum absolute atomic E-state index is 13.9. The SMILES string of the molecule is CN(Cn1nc(-c2ccc(F)c(F)c2)c2ccccc2c1=O)C1CCc2ccccc21. The van der Waals surface area contributed by atoms with E-state index >= 15 is 0 Å². The average molecular weight is 417 g/mol. The summed E-state index contributed by atoms with van der Waals surface area (Å²) in [7, 11) is 1.98. The van der Waals surface area contributed by atoms with Gasteiger partial charge in [-0.05, 0) is 55.3 Å². The quantitative estimate of drug-likeness (QED) is 0.473. The van der Waals surface area contributed by atoms with Gasteiger partial charge in [0.1, 0.15) is 0 Å². The number of hydrogen-bond acceptors (Lipinski definition) is 3. The highest BCUT2D eigenvalue weighted by Gasteiger charge is 2.26. The molecule has 0 spiro atoms. The molecule has 1 unspecified atom stereocenters. The predicted octanol–water partition coefficient (Wildman–Crippen LogP) is 4.92. The van der Waals surface area contributed by atoms with Crippen molar-refractivity contribution in [1.29, 1.82) is 0 Å². The lowest BCUT2D eigenvalue weighted by Gasteiger charge is -2.25. The van der Waals surface area contributed by atoms with Crippen LogP contribution >= 0.6 is 0 Å². The maximum atomic E-state index is 13.9. The van der Waals surface area contributed by atoms with Crippen LogP contribution in [0, 0.1) is 11.6 Å². The first kappa shape index (κ1) is 19.6. The molecule has 1 aliphatic carbocycles. The molecular weight excluding hydrogens is 396 g/mol. The Morgan fingerprint density at radius 3 is 2.55 bits per heavy atom. The third-order valence-electron chi connectivity index (χ3n) is 6.05. The fraction of sp³-hybridized carbons (Fsp3) is 0.200. The predicted molar refractivity (Wildman–Crippen MR) is 117 cm³/mol. The van der Waals surface area contributed by atoms with E-state index in [9.17, 15) is 13.6 Å². The minimum absolute atomic E-state index is 0.197. The Kier molecular flexibility index (Phi) is 4.87. The monoisotopic (exact) mass is 417 g/mol. The Labute approximate surface area is 178 Å². The highest BCUT2D eigenvalue weighted by atomic mass is 19.2. The molecule has 1 aliphatic rings. The van der Waals surface area contributed by atoms with E-state index in [1.807, 2.05) is 19.2 Å². The van der Waals surface area contributed by atoms with Crippen LogP contribution in [-0.4, -0.2) is 21.7 Å². The molecule has 1 aromatic heterocycles. The van der Waals surface area contributed by atoms with Gasteiger partial charge < -0.3 is 0 Å². The van der Waals surface area contributed by atoms with Crippen molar-refractivity contribution in [3.8, 4) is 11.3 Å². The number of halogens is 2. The van der Waals surface area contributed by atoms with Gasteiger partial charge in [0.05, 0.1) is 17.7 Å². The molecule has 4 nitrogen and oxygen atoms in total. The van der Waals surface area contributed by atoms with Gasteiger partial charge in [0.2, 0.25) is 0 Å². The zero-order chi connectivity index (χ0) is 21.5. The maximum Gasteiger partial charge on any atom is 0.275 e. The largest absolute Gasteiger partial charge is 0.280 e. The molecule has 0 N–H and O–H groups in total. The topological polar surface area (TPSA) is 38.1 Å². The third-order valence-corrected chi connectivity index (χ3v) is 6.05. The molecule has 1 atom stereocenters. The van der Waals surface area contributed by atoms with Crippen LogP contribution in [0.2, 0.25) is 0 Å². The van der Waals surface area contributed by atoms with Crippen LogP contribution in [-0.2, 0) is 13.1 Å². The molecule has 3 aromatic carbocycles.